The SMILES string of the molecule is CCNC(=NCC(C)(C)CN(C)C)NC1CCN(c2ncccc2F)C1. The molecule has 1 aliphatic heterocycles. The molecule has 1 aliphatic rings. The summed E-state index contributed by atoms with van der Waals surface area (Å²) in [6.07, 6.45) is 2.57. The molecule has 146 valence electrons. The van der Waals surface area contributed by atoms with Gasteiger partial charge in [-0.3, -0.25) is 4.99 Å². The molecule has 6 nitrogen and oxygen atoms in total. The summed E-state index contributed by atoms with van der Waals surface area (Å²) >= 11 is 0. The zero-order valence-electron chi connectivity index (χ0n) is 16.7. The molecule has 0 bridgehead atoms. The van der Waals surface area contributed by atoms with E-state index in [1.807, 2.05) is 4.90 Å². The Balaban J connectivity index is 1.95. The Morgan fingerprint density at radius 1 is 1.46 bits per heavy atom. The van der Waals surface area contributed by atoms with Crippen molar-refractivity contribution < 1.29 is 4.39 Å². The number of aliphatic imine (C=N–C) groups is 1. The van der Waals surface area contributed by atoms with Gasteiger partial charge in [-0.1, -0.05) is 13.8 Å². The van der Waals surface area contributed by atoms with Crippen LogP contribution in [0.3, 0.4) is 0 Å². The second kappa shape index (κ2) is 9.16. The smallest absolute Gasteiger partial charge is 0.191 e. The zero-order chi connectivity index (χ0) is 19.2. The van der Waals surface area contributed by atoms with Crippen molar-refractivity contribution in [3.8, 4) is 0 Å². The predicted octanol–water partition coefficient (Wildman–Crippen LogP) is 1.94. The number of nitrogens with one attached hydrogen (secondary N) is 2. The van der Waals surface area contributed by atoms with E-state index < -0.39 is 0 Å². The molecule has 7 heteroatoms. The summed E-state index contributed by atoms with van der Waals surface area (Å²) in [5.41, 5.74) is 0.102. The zero-order valence-corrected chi connectivity index (χ0v) is 16.7. The van der Waals surface area contributed by atoms with Crippen molar-refractivity contribution in [1.82, 2.24) is 20.5 Å². The number of hydrogen-bond donors (Lipinski definition) is 2. The molecule has 2 rings (SSSR count). The Kier molecular flexibility index (Phi) is 7.20. The van der Waals surface area contributed by atoms with Crippen LogP contribution in [0, 0.1) is 11.2 Å². The van der Waals surface area contributed by atoms with E-state index >= 15 is 0 Å². The summed E-state index contributed by atoms with van der Waals surface area (Å²) in [7, 11) is 4.16. The molecule has 1 aromatic heterocycles. The fraction of sp³-hybridized carbons (Fsp3) is 0.684. The van der Waals surface area contributed by atoms with Crippen molar-refractivity contribution in [2.45, 2.75) is 33.2 Å². The van der Waals surface area contributed by atoms with Gasteiger partial charge < -0.3 is 20.4 Å². The van der Waals surface area contributed by atoms with Gasteiger partial charge in [0.2, 0.25) is 0 Å². The minimum absolute atomic E-state index is 0.102. The molecule has 0 radical (unpaired) electrons. The molecule has 0 spiro atoms. The van der Waals surface area contributed by atoms with E-state index in [0.717, 1.165) is 45.1 Å². The molecule has 1 unspecified atom stereocenters. The molecule has 1 aromatic rings. The van der Waals surface area contributed by atoms with E-state index in [1.165, 1.54) is 6.07 Å². The lowest BCUT2D eigenvalue weighted by Gasteiger charge is -2.27. The van der Waals surface area contributed by atoms with Gasteiger partial charge in [0.05, 0.1) is 0 Å². The van der Waals surface area contributed by atoms with Crippen LogP contribution in [0.4, 0.5) is 10.2 Å². The van der Waals surface area contributed by atoms with E-state index in [0.29, 0.717) is 5.82 Å². The second-order valence-electron chi connectivity index (χ2n) is 7.98. The summed E-state index contributed by atoms with van der Waals surface area (Å²) in [6, 6.07) is 3.31. The first-order valence-electron chi connectivity index (χ1n) is 9.36. The highest BCUT2D eigenvalue weighted by Crippen LogP contribution is 2.21. The molecule has 2 N–H and O–H groups in total. The van der Waals surface area contributed by atoms with Crippen LogP contribution in [0.25, 0.3) is 0 Å². The Hall–Kier alpha value is -1.89. The first-order chi connectivity index (χ1) is 12.3. The van der Waals surface area contributed by atoms with Gasteiger partial charge in [0.15, 0.2) is 17.6 Å². The van der Waals surface area contributed by atoms with Crippen LogP contribution in [-0.2, 0) is 0 Å². The minimum atomic E-state index is -0.265. The molecular formula is C19H33FN6. The quantitative estimate of drug-likeness (QED) is 0.572. The standard InChI is InChI=1S/C19H33FN6/c1-6-21-18(23-13-19(2,3)14-25(4)5)24-15-9-11-26(12-15)17-16(20)8-7-10-22-17/h7-8,10,15H,6,9,11-14H2,1-5H3,(H2,21,23,24). The molecule has 0 aromatic carbocycles. The molecular weight excluding hydrogens is 331 g/mol. The molecule has 1 saturated heterocycles. The van der Waals surface area contributed by atoms with Crippen LogP contribution < -0.4 is 15.5 Å². The average molecular weight is 365 g/mol. The van der Waals surface area contributed by atoms with Crippen molar-refractivity contribution in [1.29, 1.82) is 0 Å². The monoisotopic (exact) mass is 364 g/mol. The van der Waals surface area contributed by atoms with Gasteiger partial charge in [0, 0.05) is 45.0 Å². The molecule has 26 heavy (non-hydrogen) atoms. The maximum Gasteiger partial charge on any atom is 0.191 e. The van der Waals surface area contributed by atoms with Gasteiger partial charge >= 0.3 is 0 Å². The van der Waals surface area contributed by atoms with Gasteiger partial charge in [-0.05, 0) is 45.0 Å². The van der Waals surface area contributed by atoms with Gasteiger partial charge in [-0.25, -0.2) is 9.37 Å². The number of pyridine rings is 1. The lowest BCUT2D eigenvalue weighted by atomic mass is 9.93. The Morgan fingerprint density at radius 2 is 2.23 bits per heavy atom. The molecule has 1 fully saturated rings. The van der Waals surface area contributed by atoms with E-state index in [4.69, 9.17) is 4.99 Å². The molecule has 0 aliphatic carbocycles. The third-order valence-corrected chi connectivity index (χ3v) is 4.32. The van der Waals surface area contributed by atoms with E-state index in [9.17, 15) is 4.39 Å². The largest absolute Gasteiger partial charge is 0.357 e. The van der Waals surface area contributed by atoms with Crippen LogP contribution in [0.5, 0.6) is 0 Å². The van der Waals surface area contributed by atoms with Crippen LogP contribution >= 0.6 is 0 Å². The Bertz CT molecular complexity index is 601. The van der Waals surface area contributed by atoms with Crippen molar-refractivity contribution in [3.63, 3.8) is 0 Å². The minimum Gasteiger partial charge on any atom is -0.357 e. The van der Waals surface area contributed by atoms with Crippen molar-refractivity contribution in [3.05, 3.63) is 24.1 Å². The number of halogens is 1. The van der Waals surface area contributed by atoms with E-state index in [1.54, 1.807) is 12.3 Å². The summed E-state index contributed by atoms with van der Waals surface area (Å²) in [4.78, 5) is 13.1. The van der Waals surface area contributed by atoms with E-state index in [-0.39, 0.29) is 17.3 Å². The molecule has 1 atom stereocenters. The number of nitrogens with zero attached hydrogens (tertiary/aromatic N) is 4. The summed E-state index contributed by atoms with van der Waals surface area (Å²) in [5, 5.41) is 6.81. The van der Waals surface area contributed by atoms with Crippen LogP contribution in [0.2, 0.25) is 0 Å². The highest BCUT2D eigenvalue weighted by molar-refractivity contribution is 5.80. The van der Waals surface area contributed by atoms with Crippen molar-refractivity contribution in [2.75, 3.05) is 51.7 Å². The third kappa shape index (κ3) is 6.12. The topological polar surface area (TPSA) is 55.8 Å². The average Bonchev–Trinajstić information content (AvgIpc) is 3.00. The fourth-order valence-electron chi connectivity index (χ4n) is 3.39. The normalized spacial score (nSPS) is 18.5. The number of anilines is 1. The third-order valence-electron chi connectivity index (χ3n) is 4.32. The molecule has 0 saturated carbocycles. The number of guanidine groups is 1. The van der Waals surface area contributed by atoms with Crippen molar-refractivity contribution >= 4 is 11.8 Å². The predicted molar refractivity (Wildman–Crippen MR) is 106 cm³/mol. The second-order valence-corrected chi connectivity index (χ2v) is 7.98. The first kappa shape index (κ1) is 20.4. The Morgan fingerprint density at radius 3 is 2.88 bits per heavy atom. The fourth-order valence-corrected chi connectivity index (χ4v) is 3.39. The van der Waals surface area contributed by atoms with E-state index in [2.05, 4.69) is 55.4 Å². The van der Waals surface area contributed by atoms with Crippen LogP contribution in [0.1, 0.15) is 27.2 Å². The van der Waals surface area contributed by atoms with Gasteiger partial charge in [-0.15, -0.1) is 0 Å². The maximum atomic E-state index is 13.9. The summed E-state index contributed by atoms with van der Waals surface area (Å²) in [6.45, 7) is 10.6. The lowest BCUT2D eigenvalue weighted by molar-refractivity contribution is 0.248. The van der Waals surface area contributed by atoms with Gasteiger partial charge in [0.25, 0.3) is 0 Å². The van der Waals surface area contributed by atoms with Crippen molar-refractivity contribution in [2.24, 2.45) is 10.4 Å². The first-order valence-corrected chi connectivity index (χ1v) is 9.36. The molecule has 2 heterocycles. The number of hydrogen-bond acceptors (Lipinski definition) is 4. The Labute approximate surface area is 156 Å². The maximum absolute atomic E-state index is 13.9. The molecule has 0 amide bonds. The van der Waals surface area contributed by atoms with Crippen LogP contribution in [-0.4, -0.2) is 68.7 Å². The summed E-state index contributed by atoms with van der Waals surface area (Å²) in [5.74, 6) is 0.998. The highest BCUT2D eigenvalue weighted by atomic mass is 19.1. The summed E-state index contributed by atoms with van der Waals surface area (Å²) < 4.78 is 13.9. The van der Waals surface area contributed by atoms with Crippen LogP contribution in [0.15, 0.2) is 23.3 Å². The number of rotatable bonds is 7. The highest BCUT2D eigenvalue weighted by Gasteiger charge is 2.26. The number of aromatic nitrogens is 1. The van der Waals surface area contributed by atoms with Gasteiger partial charge in [-0.2, -0.15) is 0 Å². The lowest BCUT2D eigenvalue weighted by Crippen LogP contribution is -2.45. The van der Waals surface area contributed by atoms with Gasteiger partial charge in [0.1, 0.15) is 0 Å².